The number of rotatable bonds is 2. The van der Waals surface area contributed by atoms with E-state index in [9.17, 15) is 9.59 Å². The largest absolute Gasteiger partial charge is 0.379 e. The topological polar surface area (TPSA) is 60.3 Å². The summed E-state index contributed by atoms with van der Waals surface area (Å²) >= 11 is 0. The summed E-state index contributed by atoms with van der Waals surface area (Å²) in [5.74, 6) is -0.215. The molecule has 1 aliphatic heterocycles. The van der Waals surface area contributed by atoms with E-state index in [4.69, 9.17) is 4.74 Å². The Balaban J connectivity index is 2.08. The number of carbonyl (C=O) groups is 1. The van der Waals surface area contributed by atoms with Gasteiger partial charge in [0.2, 0.25) is 0 Å². The molecule has 1 atom stereocenters. The molecule has 1 aromatic rings. The first kappa shape index (κ1) is 10.9. The van der Waals surface area contributed by atoms with Crippen molar-refractivity contribution in [2.24, 2.45) is 7.05 Å². The van der Waals surface area contributed by atoms with Crippen LogP contribution in [0.25, 0.3) is 0 Å². The van der Waals surface area contributed by atoms with Gasteiger partial charge in [0.05, 0.1) is 12.6 Å². The monoisotopic (exact) mass is 222 g/mol. The molecule has 1 aromatic heterocycles. The van der Waals surface area contributed by atoms with Crippen LogP contribution < -0.4 is 10.9 Å². The van der Waals surface area contributed by atoms with Crippen molar-refractivity contribution in [3.63, 3.8) is 0 Å². The fourth-order valence-electron chi connectivity index (χ4n) is 1.61. The first-order valence-electron chi connectivity index (χ1n) is 5.22. The van der Waals surface area contributed by atoms with Gasteiger partial charge in [-0.25, -0.2) is 0 Å². The second-order valence-corrected chi connectivity index (χ2v) is 3.90. The van der Waals surface area contributed by atoms with E-state index in [1.54, 1.807) is 19.3 Å². The number of nitrogens with zero attached hydrogens (tertiary/aromatic N) is 1. The Hall–Kier alpha value is -1.62. The molecule has 0 bridgehead atoms. The van der Waals surface area contributed by atoms with Crippen LogP contribution in [0.15, 0.2) is 23.1 Å². The first-order chi connectivity index (χ1) is 7.66. The highest BCUT2D eigenvalue weighted by Crippen LogP contribution is 2.04. The molecule has 1 saturated heterocycles. The van der Waals surface area contributed by atoms with Crippen molar-refractivity contribution in [2.45, 2.75) is 12.5 Å². The summed E-state index contributed by atoms with van der Waals surface area (Å²) in [6.45, 7) is 1.23. The summed E-state index contributed by atoms with van der Waals surface area (Å²) in [4.78, 5) is 23.1. The molecule has 1 amide bonds. The minimum absolute atomic E-state index is 0.0663. The fraction of sp³-hybridized carbons (Fsp3) is 0.455. The number of carbonyl (C=O) groups excluding carboxylic acids is 1. The van der Waals surface area contributed by atoms with E-state index in [2.05, 4.69) is 5.32 Å². The zero-order valence-electron chi connectivity index (χ0n) is 9.10. The lowest BCUT2D eigenvalue weighted by molar-refractivity contribution is 0.0929. The summed E-state index contributed by atoms with van der Waals surface area (Å²) in [5, 5.41) is 2.83. The number of aromatic nitrogens is 1. The Kier molecular flexibility index (Phi) is 3.05. The zero-order valence-corrected chi connectivity index (χ0v) is 9.10. The van der Waals surface area contributed by atoms with E-state index in [0.717, 1.165) is 6.42 Å². The SMILES string of the molecule is Cn1ccc(C(=O)NC2CCOC2)cc1=O. The molecule has 5 nitrogen and oxygen atoms in total. The van der Waals surface area contributed by atoms with Crippen LogP contribution in [0.3, 0.4) is 0 Å². The average Bonchev–Trinajstić information content (AvgIpc) is 2.74. The minimum Gasteiger partial charge on any atom is -0.379 e. The van der Waals surface area contributed by atoms with Crippen molar-refractivity contribution >= 4 is 5.91 Å². The van der Waals surface area contributed by atoms with Crippen molar-refractivity contribution < 1.29 is 9.53 Å². The Bertz CT molecular complexity index is 447. The number of nitrogens with one attached hydrogen (secondary N) is 1. The maximum Gasteiger partial charge on any atom is 0.251 e. The lowest BCUT2D eigenvalue weighted by Crippen LogP contribution is -2.35. The van der Waals surface area contributed by atoms with Gasteiger partial charge in [-0.3, -0.25) is 9.59 Å². The van der Waals surface area contributed by atoms with E-state index in [1.165, 1.54) is 10.6 Å². The van der Waals surface area contributed by atoms with Crippen LogP contribution in [0.1, 0.15) is 16.8 Å². The Morgan fingerprint density at radius 3 is 3.06 bits per heavy atom. The lowest BCUT2D eigenvalue weighted by Gasteiger charge is -2.10. The average molecular weight is 222 g/mol. The van der Waals surface area contributed by atoms with Gasteiger partial charge in [0.25, 0.3) is 11.5 Å². The Morgan fingerprint density at radius 1 is 1.62 bits per heavy atom. The van der Waals surface area contributed by atoms with Crippen LogP contribution in [0.4, 0.5) is 0 Å². The van der Waals surface area contributed by atoms with E-state index in [0.29, 0.717) is 18.8 Å². The maximum absolute atomic E-state index is 11.7. The van der Waals surface area contributed by atoms with Crippen molar-refractivity contribution in [1.29, 1.82) is 0 Å². The molecule has 1 N–H and O–H groups in total. The van der Waals surface area contributed by atoms with Gasteiger partial charge in [0.1, 0.15) is 0 Å². The number of hydrogen-bond donors (Lipinski definition) is 1. The number of pyridine rings is 1. The number of hydrogen-bond acceptors (Lipinski definition) is 3. The molecule has 1 aliphatic rings. The fourth-order valence-corrected chi connectivity index (χ4v) is 1.61. The second-order valence-electron chi connectivity index (χ2n) is 3.90. The molecule has 86 valence electrons. The van der Waals surface area contributed by atoms with Gasteiger partial charge < -0.3 is 14.6 Å². The van der Waals surface area contributed by atoms with Crippen molar-refractivity contribution in [3.05, 3.63) is 34.2 Å². The summed E-state index contributed by atoms with van der Waals surface area (Å²) in [6.07, 6.45) is 2.42. The molecule has 5 heteroatoms. The highest BCUT2D eigenvalue weighted by molar-refractivity contribution is 5.94. The minimum atomic E-state index is -0.215. The van der Waals surface area contributed by atoms with Gasteiger partial charge in [0.15, 0.2) is 0 Å². The molecule has 0 aliphatic carbocycles. The summed E-state index contributed by atoms with van der Waals surface area (Å²) in [6, 6.07) is 3.04. The van der Waals surface area contributed by atoms with Crippen LogP contribution in [0.5, 0.6) is 0 Å². The van der Waals surface area contributed by atoms with E-state index in [1.807, 2.05) is 0 Å². The summed E-state index contributed by atoms with van der Waals surface area (Å²) in [5.41, 5.74) is 0.213. The molecule has 0 radical (unpaired) electrons. The van der Waals surface area contributed by atoms with Crippen LogP contribution in [-0.2, 0) is 11.8 Å². The zero-order chi connectivity index (χ0) is 11.5. The van der Waals surface area contributed by atoms with Crippen LogP contribution >= 0.6 is 0 Å². The van der Waals surface area contributed by atoms with Crippen molar-refractivity contribution in [2.75, 3.05) is 13.2 Å². The third kappa shape index (κ3) is 2.30. The quantitative estimate of drug-likeness (QED) is 0.760. The van der Waals surface area contributed by atoms with E-state index >= 15 is 0 Å². The molecule has 2 rings (SSSR count). The molecular weight excluding hydrogens is 208 g/mol. The molecule has 0 aromatic carbocycles. The molecule has 2 heterocycles. The molecule has 1 fully saturated rings. The third-order valence-electron chi connectivity index (χ3n) is 2.63. The lowest BCUT2D eigenvalue weighted by atomic mass is 10.2. The third-order valence-corrected chi connectivity index (χ3v) is 2.63. The predicted molar refractivity (Wildman–Crippen MR) is 58.4 cm³/mol. The maximum atomic E-state index is 11.7. The first-order valence-corrected chi connectivity index (χ1v) is 5.22. The summed E-state index contributed by atoms with van der Waals surface area (Å²) < 4.78 is 6.58. The Morgan fingerprint density at radius 2 is 2.44 bits per heavy atom. The predicted octanol–water partition coefficient (Wildman–Crippen LogP) is -0.0960. The van der Waals surface area contributed by atoms with E-state index < -0.39 is 0 Å². The molecule has 0 spiro atoms. The number of ether oxygens (including phenoxy) is 1. The highest BCUT2D eigenvalue weighted by atomic mass is 16.5. The van der Waals surface area contributed by atoms with Crippen LogP contribution in [0.2, 0.25) is 0 Å². The number of amides is 1. The molecule has 0 saturated carbocycles. The van der Waals surface area contributed by atoms with Crippen molar-refractivity contribution in [1.82, 2.24) is 9.88 Å². The Labute approximate surface area is 93.0 Å². The smallest absolute Gasteiger partial charge is 0.251 e. The molecule has 16 heavy (non-hydrogen) atoms. The standard InChI is InChI=1S/C11H14N2O3/c1-13-4-2-8(6-10(13)14)11(15)12-9-3-5-16-7-9/h2,4,6,9H,3,5,7H2,1H3,(H,12,15). The van der Waals surface area contributed by atoms with Gasteiger partial charge >= 0.3 is 0 Å². The number of aryl methyl sites for hydroxylation is 1. The normalized spacial score (nSPS) is 19.7. The van der Waals surface area contributed by atoms with Crippen molar-refractivity contribution in [3.8, 4) is 0 Å². The van der Waals surface area contributed by atoms with Crippen LogP contribution in [-0.4, -0.2) is 29.7 Å². The highest BCUT2D eigenvalue weighted by Gasteiger charge is 2.18. The van der Waals surface area contributed by atoms with Gasteiger partial charge in [-0.2, -0.15) is 0 Å². The second kappa shape index (κ2) is 4.49. The van der Waals surface area contributed by atoms with Gasteiger partial charge in [0, 0.05) is 31.5 Å². The molecular formula is C11H14N2O3. The van der Waals surface area contributed by atoms with E-state index in [-0.39, 0.29) is 17.5 Å². The van der Waals surface area contributed by atoms with Gasteiger partial charge in [-0.05, 0) is 12.5 Å². The molecule has 1 unspecified atom stereocenters. The summed E-state index contributed by atoms with van der Waals surface area (Å²) in [7, 11) is 1.65. The van der Waals surface area contributed by atoms with Gasteiger partial charge in [-0.15, -0.1) is 0 Å². The van der Waals surface area contributed by atoms with Crippen LogP contribution in [0, 0.1) is 0 Å². The van der Waals surface area contributed by atoms with Gasteiger partial charge in [-0.1, -0.05) is 0 Å².